The van der Waals surface area contributed by atoms with E-state index in [0.29, 0.717) is 13.0 Å². The molecule has 6 nitrogen and oxygen atoms in total. The van der Waals surface area contributed by atoms with Crippen LogP contribution in [0.5, 0.6) is 5.75 Å². The molecule has 0 bridgehead atoms. The minimum Gasteiger partial charge on any atom is -0.464 e. The molecule has 0 fully saturated rings. The summed E-state index contributed by atoms with van der Waals surface area (Å²) in [7, 11) is -4.14. The molecule has 1 heterocycles. The summed E-state index contributed by atoms with van der Waals surface area (Å²) in [5.74, 6) is 0.803. The van der Waals surface area contributed by atoms with Gasteiger partial charge in [-0.3, -0.25) is 4.55 Å². The maximum atomic E-state index is 10.7. The van der Waals surface area contributed by atoms with Gasteiger partial charge < -0.3 is 9.47 Å². The monoisotopic (exact) mass is 329 g/mol. The van der Waals surface area contributed by atoms with Gasteiger partial charge in [0.25, 0.3) is 0 Å². The fourth-order valence-electron chi connectivity index (χ4n) is 2.52. The number of ether oxygens (including phenoxy) is 2. The summed E-state index contributed by atoms with van der Waals surface area (Å²) in [5, 5.41) is 0. The highest BCUT2D eigenvalue weighted by Gasteiger charge is 2.42. The lowest BCUT2D eigenvalue weighted by Crippen LogP contribution is -2.35. The van der Waals surface area contributed by atoms with Crippen LogP contribution in [-0.2, 0) is 26.9 Å². The number of hydrogen-bond donors (Lipinski definition) is 2. The van der Waals surface area contributed by atoms with Gasteiger partial charge in [0.1, 0.15) is 5.75 Å². The summed E-state index contributed by atoms with van der Waals surface area (Å²) < 4.78 is 43.7. The van der Waals surface area contributed by atoms with Gasteiger partial charge in [0, 0.05) is 12.1 Å². The minimum absolute atomic E-state index is 0.147. The first-order chi connectivity index (χ1) is 10.2. The van der Waals surface area contributed by atoms with Crippen LogP contribution in [0.25, 0.3) is 0 Å². The SMILES string of the molecule is CCCOC1Oc2ccc(CCNS(=O)(=O)O)cc2C1(C)C. The molecule has 0 saturated carbocycles. The van der Waals surface area contributed by atoms with Crippen LogP contribution in [0.15, 0.2) is 18.2 Å². The van der Waals surface area contributed by atoms with Crippen molar-refractivity contribution in [1.29, 1.82) is 0 Å². The van der Waals surface area contributed by atoms with E-state index in [1.807, 2.05) is 18.2 Å². The van der Waals surface area contributed by atoms with Crippen molar-refractivity contribution in [3.05, 3.63) is 29.3 Å². The van der Waals surface area contributed by atoms with Crippen LogP contribution >= 0.6 is 0 Å². The van der Waals surface area contributed by atoms with E-state index < -0.39 is 10.3 Å². The number of rotatable bonds is 7. The summed E-state index contributed by atoms with van der Waals surface area (Å²) >= 11 is 0. The summed E-state index contributed by atoms with van der Waals surface area (Å²) in [5.41, 5.74) is 1.76. The maximum absolute atomic E-state index is 10.7. The minimum atomic E-state index is -4.14. The van der Waals surface area contributed by atoms with E-state index in [1.165, 1.54) is 0 Å². The van der Waals surface area contributed by atoms with Crippen molar-refractivity contribution < 1.29 is 22.4 Å². The molecule has 124 valence electrons. The molecule has 0 aromatic heterocycles. The van der Waals surface area contributed by atoms with Gasteiger partial charge in [-0.15, -0.1) is 0 Å². The van der Waals surface area contributed by atoms with E-state index in [9.17, 15) is 8.42 Å². The van der Waals surface area contributed by atoms with Crippen molar-refractivity contribution in [2.45, 2.75) is 45.3 Å². The molecule has 1 atom stereocenters. The fraction of sp³-hybridized carbons (Fsp3) is 0.600. The molecule has 1 unspecified atom stereocenters. The molecular formula is C15H23NO5S. The first kappa shape index (κ1) is 17.2. The van der Waals surface area contributed by atoms with Gasteiger partial charge in [0.2, 0.25) is 6.29 Å². The van der Waals surface area contributed by atoms with Crippen LogP contribution in [0.2, 0.25) is 0 Å². The zero-order valence-electron chi connectivity index (χ0n) is 13.1. The van der Waals surface area contributed by atoms with Gasteiger partial charge in [-0.05, 0) is 38.3 Å². The van der Waals surface area contributed by atoms with Crippen molar-refractivity contribution >= 4 is 10.3 Å². The Hall–Kier alpha value is -1.15. The summed E-state index contributed by atoms with van der Waals surface area (Å²) in [6, 6.07) is 5.79. The Morgan fingerprint density at radius 2 is 2.14 bits per heavy atom. The van der Waals surface area contributed by atoms with Crippen LogP contribution < -0.4 is 9.46 Å². The Morgan fingerprint density at radius 1 is 1.41 bits per heavy atom. The average molecular weight is 329 g/mol. The van der Waals surface area contributed by atoms with Crippen LogP contribution in [0, 0.1) is 0 Å². The quantitative estimate of drug-likeness (QED) is 0.748. The molecule has 0 saturated heterocycles. The lowest BCUT2D eigenvalue weighted by Gasteiger charge is -2.25. The molecule has 0 spiro atoms. The van der Waals surface area contributed by atoms with Gasteiger partial charge >= 0.3 is 10.3 Å². The zero-order valence-corrected chi connectivity index (χ0v) is 13.9. The standard InChI is InChI=1S/C15H23NO5S/c1-4-9-20-14-15(2,3)12-10-11(5-6-13(12)21-14)7-8-16-22(17,18)19/h5-6,10,14,16H,4,7-9H2,1-3H3,(H,17,18,19). The van der Waals surface area contributed by atoms with Gasteiger partial charge in [-0.1, -0.05) is 19.1 Å². The Morgan fingerprint density at radius 3 is 2.77 bits per heavy atom. The van der Waals surface area contributed by atoms with Gasteiger partial charge in [0.15, 0.2) is 0 Å². The molecule has 7 heteroatoms. The highest BCUT2D eigenvalue weighted by Crippen LogP contribution is 2.43. The molecule has 0 amide bonds. The molecule has 1 aliphatic heterocycles. The highest BCUT2D eigenvalue weighted by atomic mass is 32.2. The zero-order chi connectivity index (χ0) is 16.4. The Bertz CT molecular complexity index is 627. The maximum Gasteiger partial charge on any atom is 0.333 e. The molecule has 0 aliphatic carbocycles. The van der Waals surface area contributed by atoms with E-state index in [4.69, 9.17) is 14.0 Å². The van der Waals surface area contributed by atoms with Gasteiger partial charge in [-0.2, -0.15) is 13.1 Å². The molecule has 1 aromatic rings. The van der Waals surface area contributed by atoms with E-state index in [1.54, 1.807) is 0 Å². The summed E-state index contributed by atoms with van der Waals surface area (Å²) in [6.07, 6.45) is 1.11. The van der Waals surface area contributed by atoms with Crippen LogP contribution in [0.3, 0.4) is 0 Å². The van der Waals surface area contributed by atoms with Crippen LogP contribution in [-0.4, -0.2) is 32.4 Å². The Kier molecular flexibility index (Phi) is 5.11. The van der Waals surface area contributed by atoms with Crippen LogP contribution in [0.1, 0.15) is 38.3 Å². The predicted molar refractivity (Wildman–Crippen MR) is 83.4 cm³/mol. The van der Waals surface area contributed by atoms with Crippen molar-refractivity contribution in [1.82, 2.24) is 4.72 Å². The Balaban J connectivity index is 2.09. The second kappa shape index (κ2) is 6.54. The third-order valence-electron chi connectivity index (χ3n) is 3.73. The largest absolute Gasteiger partial charge is 0.464 e. The normalized spacial score (nSPS) is 19.7. The average Bonchev–Trinajstić information content (AvgIpc) is 2.66. The lowest BCUT2D eigenvalue weighted by atomic mass is 9.84. The molecule has 1 aliphatic rings. The van der Waals surface area contributed by atoms with Gasteiger partial charge in [0.05, 0.1) is 12.0 Å². The van der Waals surface area contributed by atoms with Crippen molar-refractivity contribution in [3.63, 3.8) is 0 Å². The molecule has 2 N–H and O–H groups in total. The van der Waals surface area contributed by atoms with E-state index in [0.717, 1.165) is 23.3 Å². The van der Waals surface area contributed by atoms with Crippen molar-refractivity contribution in [2.75, 3.05) is 13.2 Å². The van der Waals surface area contributed by atoms with Crippen molar-refractivity contribution in [2.24, 2.45) is 0 Å². The van der Waals surface area contributed by atoms with E-state index in [2.05, 4.69) is 25.5 Å². The number of fused-ring (bicyclic) bond motifs is 1. The molecule has 1 aromatic carbocycles. The van der Waals surface area contributed by atoms with Gasteiger partial charge in [-0.25, -0.2) is 0 Å². The Labute approximate surface area is 131 Å². The molecule has 22 heavy (non-hydrogen) atoms. The van der Waals surface area contributed by atoms with Crippen molar-refractivity contribution in [3.8, 4) is 5.75 Å². The second-order valence-electron chi connectivity index (χ2n) is 5.99. The summed E-state index contributed by atoms with van der Waals surface area (Å²) in [6.45, 7) is 6.98. The first-order valence-corrected chi connectivity index (χ1v) is 8.82. The smallest absolute Gasteiger partial charge is 0.333 e. The third-order valence-corrected chi connectivity index (χ3v) is 4.30. The third kappa shape index (κ3) is 3.98. The first-order valence-electron chi connectivity index (χ1n) is 7.38. The fourth-order valence-corrected chi connectivity index (χ4v) is 2.88. The highest BCUT2D eigenvalue weighted by molar-refractivity contribution is 7.83. The topological polar surface area (TPSA) is 84.9 Å². The number of hydrogen-bond acceptors (Lipinski definition) is 4. The van der Waals surface area contributed by atoms with Crippen LogP contribution in [0.4, 0.5) is 0 Å². The number of benzene rings is 1. The summed E-state index contributed by atoms with van der Waals surface area (Å²) in [4.78, 5) is 0. The molecule has 2 rings (SSSR count). The molecule has 0 radical (unpaired) electrons. The predicted octanol–water partition coefficient (Wildman–Crippen LogP) is 2.04. The second-order valence-corrected chi connectivity index (χ2v) is 7.23. The van der Waals surface area contributed by atoms with E-state index >= 15 is 0 Å². The molecular weight excluding hydrogens is 306 g/mol. The number of nitrogens with one attached hydrogen (secondary N) is 1. The van der Waals surface area contributed by atoms with E-state index in [-0.39, 0.29) is 18.2 Å². The lowest BCUT2D eigenvalue weighted by molar-refractivity contribution is -0.102.